The fraction of sp³-hybridized carbons (Fsp3) is 0.0952. The summed E-state index contributed by atoms with van der Waals surface area (Å²) in [6.45, 7) is 3.48. The molecule has 0 N–H and O–H groups in total. The van der Waals surface area contributed by atoms with E-state index in [-0.39, 0.29) is 29.2 Å². The van der Waals surface area contributed by atoms with Crippen LogP contribution in [0.3, 0.4) is 0 Å². The van der Waals surface area contributed by atoms with E-state index in [2.05, 4.69) is 6.58 Å². The molecule has 8 heteroatoms. The highest BCUT2D eigenvalue weighted by atomic mass is 32.2. The van der Waals surface area contributed by atoms with Crippen molar-refractivity contribution in [1.29, 1.82) is 5.26 Å². The number of benzene rings is 2. The highest BCUT2D eigenvalue weighted by molar-refractivity contribution is 7.89. The number of nitro groups is 1. The Morgan fingerprint density at radius 2 is 1.83 bits per heavy atom. The number of nitro benzene ring substituents is 1. The third-order valence-electron chi connectivity index (χ3n) is 3.90. The Hall–Kier alpha value is -3.54. The van der Waals surface area contributed by atoms with Gasteiger partial charge in [-0.25, -0.2) is 8.42 Å². The molecule has 0 amide bonds. The number of sulfonamides is 1. The van der Waals surface area contributed by atoms with Crippen LogP contribution in [-0.2, 0) is 10.0 Å². The van der Waals surface area contributed by atoms with Crippen molar-refractivity contribution in [1.82, 2.24) is 4.31 Å². The molecule has 29 heavy (non-hydrogen) atoms. The van der Waals surface area contributed by atoms with Gasteiger partial charge in [-0.1, -0.05) is 43.0 Å². The van der Waals surface area contributed by atoms with Crippen molar-refractivity contribution in [2.24, 2.45) is 0 Å². The van der Waals surface area contributed by atoms with Gasteiger partial charge in [-0.15, -0.1) is 0 Å². The van der Waals surface area contributed by atoms with Crippen molar-refractivity contribution in [3.8, 4) is 6.07 Å². The van der Waals surface area contributed by atoms with Crippen LogP contribution in [0.4, 0.5) is 5.69 Å². The van der Waals surface area contributed by atoms with E-state index in [4.69, 9.17) is 0 Å². The highest BCUT2D eigenvalue weighted by Gasteiger charge is 2.24. The predicted octanol–water partition coefficient (Wildman–Crippen LogP) is 3.93. The fourth-order valence-electron chi connectivity index (χ4n) is 2.46. The zero-order valence-corrected chi connectivity index (χ0v) is 16.3. The molecule has 0 aromatic heterocycles. The molecule has 0 saturated carbocycles. The van der Waals surface area contributed by atoms with Gasteiger partial charge in [0.15, 0.2) is 0 Å². The Morgan fingerprint density at radius 3 is 2.38 bits per heavy atom. The molecular formula is C21H19N3O4S. The normalized spacial score (nSPS) is 12.1. The Morgan fingerprint density at radius 1 is 1.17 bits per heavy atom. The number of hydrogen-bond donors (Lipinski definition) is 0. The van der Waals surface area contributed by atoms with Gasteiger partial charge < -0.3 is 0 Å². The molecular weight excluding hydrogens is 390 g/mol. The summed E-state index contributed by atoms with van der Waals surface area (Å²) in [5, 5.41) is 20.3. The van der Waals surface area contributed by atoms with E-state index in [0.717, 1.165) is 0 Å². The first-order chi connectivity index (χ1) is 13.9. The van der Waals surface area contributed by atoms with Gasteiger partial charge in [0.05, 0.1) is 15.9 Å². The minimum atomic E-state index is -3.83. The Kier molecular flexibility index (Phi) is 7.60. The lowest BCUT2D eigenvalue weighted by Crippen LogP contribution is -2.33. The molecule has 0 aliphatic rings. The molecule has 7 nitrogen and oxygen atoms in total. The molecule has 0 heterocycles. The van der Waals surface area contributed by atoms with E-state index < -0.39 is 14.9 Å². The minimum Gasteiger partial charge on any atom is -0.258 e. The summed E-state index contributed by atoms with van der Waals surface area (Å²) < 4.78 is 27.2. The summed E-state index contributed by atoms with van der Waals surface area (Å²) in [4.78, 5) is 10.4. The summed E-state index contributed by atoms with van der Waals surface area (Å²) >= 11 is 0. The third kappa shape index (κ3) is 5.97. The zero-order chi connectivity index (χ0) is 21.3. The third-order valence-corrected chi connectivity index (χ3v) is 5.72. The van der Waals surface area contributed by atoms with E-state index in [0.29, 0.717) is 5.56 Å². The second kappa shape index (κ2) is 10.1. The fourth-order valence-corrected chi connectivity index (χ4v) is 3.85. The van der Waals surface area contributed by atoms with Gasteiger partial charge in [0, 0.05) is 30.8 Å². The molecule has 0 spiro atoms. The van der Waals surface area contributed by atoms with E-state index in [1.54, 1.807) is 30.4 Å². The van der Waals surface area contributed by atoms with E-state index in [1.165, 1.54) is 52.9 Å². The van der Waals surface area contributed by atoms with Crippen LogP contribution in [0.2, 0.25) is 0 Å². The van der Waals surface area contributed by atoms with Crippen molar-refractivity contribution in [3.63, 3.8) is 0 Å². The summed E-state index contributed by atoms with van der Waals surface area (Å²) in [5.41, 5.74) is 0.694. The van der Waals surface area contributed by atoms with Crippen LogP contribution in [-0.4, -0.2) is 30.7 Å². The van der Waals surface area contributed by atoms with Gasteiger partial charge in [-0.3, -0.25) is 10.1 Å². The maximum absolute atomic E-state index is 13.0. The summed E-state index contributed by atoms with van der Waals surface area (Å²) in [6, 6.07) is 15.6. The van der Waals surface area contributed by atoms with Crippen molar-refractivity contribution in [2.45, 2.75) is 4.90 Å². The first kappa shape index (κ1) is 21.8. The monoisotopic (exact) mass is 409 g/mol. The maximum atomic E-state index is 13.0. The number of nitrogens with zero attached hydrogens (tertiary/aromatic N) is 3. The number of rotatable bonds is 9. The molecule has 0 saturated heterocycles. The summed E-state index contributed by atoms with van der Waals surface area (Å²) in [6.07, 6.45) is 6.30. The maximum Gasteiger partial charge on any atom is 0.269 e. The molecule has 0 bridgehead atoms. The lowest BCUT2D eigenvalue weighted by atomic mass is 10.1. The molecule has 0 aliphatic carbocycles. The number of non-ortho nitro benzene ring substituents is 1. The first-order valence-electron chi connectivity index (χ1n) is 8.56. The van der Waals surface area contributed by atoms with Gasteiger partial charge in [0.1, 0.15) is 0 Å². The van der Waals surface area contributed by atoms with Crippen LogP contribution in [0, 0.1) is 21.4 Å². The molecule has 0 unspecified atom stereocenters. The number of allylic oxidation sites excluding steroid dienone is 2. The van der Waals surface area contributed by atoms with Gasteiger partial charge in [-0.05, 0) is 35.9 Å². The van der Waals surface area contributed by atoms with Gasteiger partial charge in [0.25, 0.3) is 5.69 Å². The standard InChI is InChI=1S/C21H19N3O4S/c1-2-3-7-14-23(29(27,28)21-8-5-4-6-9-21)17-19(16-22)15-18-10-12-20(13-11-18)24(25)26/h2-13,15H,1,14,17H2/b7-3+,19-15+. The van der Waals surface area contributed by atoms with Gasteiger partial charge >= 0.3 is 0 Å². The molecule has 148 valence electrons. The SMILES string of the molecule is C=C/C=C/CN(C/C(C#N)=C/c1ccc([N+](=O)[O-])cc1)S(=O)(=O)c1ccccc1. The average Bonchev–Trinajstić information content (AvgIpc) is 2.73. The summed E-state index contributed by atoms with van der Waals surface area (Å²) in [7, 11) is -3.83. The molecule has 2 aromatic rings. The van der Waals surface area contributed by atoms with E-state index in [1.807, 2.05) is 6.07 Å². The lowest BCUT2D eigenvalue weighted by Gasteiger charge is -2.20. The number of hydrogen-bond acceptors (Lipinski definition) is 5. The average molecular weight is 409 g/mol. The van der Waals surface area contributed by atoms with Gasteiger partial charge in [0.2, 0.25) is 10.0 Å². The Bertz CT molecular complexity index is 1070. The summed E-state index contributed by atoms with van der Waals surface area (Å²) in [5.74, 6) is 0. The van der Waals surface area contributed by atoms with Crippen molar-refractivity contribution in [2.75, 3.05) is 13.1 Å². The molecule has 0 radical (unpaired) electrons. The first-order valence-corrected chi connectivity index (χ1v) is 10.0. The van der Waals surface area contributed by atoms with Crippen LogP contribution >= 0.6 is 0 Å². The molecule has 2 rings (SSSR count). The molecule has 0 atom stereocenters. The zero-order valence-electron chi connectivity index (χ0n) is 15.5. The van der Waals surface area contributed by atoms with Crippen LogP contribution in [0.5, 0.6) is 0 Å². The largest absolute Gasteiger partial charge is 0.269 e. The van der Waals surface area contributed by atoms with Crippen LogP contribution in [0.15, 0.2) is 89.9 Å². The Labute approximate surface area is 169 Å². The highest BCUT2D eigenvalue weighted by Crippen LogP contribution is 2.19. The van der Waals surface area contributed by atoms with Crippen LogP contribution in [0.25, 0.3) is 6.08 Å². The second-order valence-electron chi connectivity index (χ2n) is 5.90. The van der Waals surface area contributed by atoms with Crippen molar-refractivity contribution >= 4 is 21.8 Å². The minimum absolute atomic E-state index is 0.0581. The van der Waals surface area contributed by atoms with Crippen molar-refractivity contribution in [3.05, 3.63) is 101 Å². The topological polar surface area (TPSA) is 104 Å². The predicted molar refractivity (Wildman–Crippen MR) is 111 cm³/mol. The van der Waals surface area contributed by atoms with Crippen LogP contribution in [0.1, 0.15) is 5.56 Å². The number of nitriles is 1. The quantitative estimate of drug-likeness (QED) is 0.270. The lowest BCUT2D eigenvalue weighted by molar-refractivity contribution is -0.384. The van der Waals surface area contributed by atoms with Crippen LogP contribution < -0.4 is 0 Å². The van der Waals surface area contributed by atoms with Crippen molar-refractivity contribution < 1.29 is 13.3 Å². The molecule has 2 aromatic carbocycles. The van der Waals surface area contributed by atoms with Gasteiger partial charge in [-0.2, -0.15) is 9.57 Å². The molecule has 0 fully saturated rings. The van der Waals surface area contributed by atoms with E-state index in [9.17, 15) is 23.8 Å². The van der Waals surface area contributed by atoms with E-state index >= 15 is 0 Å². The molecule has 0 aliphatic heterocycles. The smallest absolute Gasteiger partial charge is 0.258 e. The second-order valence-corrected chi connectivity index (χ2v) is 7.84. The Balaban J connectivity index is 2.35.